The van der Waals surface area contributed by atoms with Crippen LogP contribution >= 0.6 is 11.6 Å². The lowest BCUT2D eigenvalue weighted by Crippen LogP contribution is -2.44. The molecule has 1 aromatic rings. The second kappa shape index (κ2) is 7.49. The number of hydrogen-bond acceptors (Lipinski definition) is 2. The number of amides is 3. The predicted octanol–water partition coefficient (Wildman–Crippen LogP) is 2.66. The van der Waals surface area contributed by atoms with Crippen LogP contribution in [-0.4, -0.2) is 48.4 Å². The molecule has 1 aromatic carbocycles. The zero-order valence-electron chi connectivity index (χ0n) is 13.0. The van der Waals surface area contributed by atoms with Gasteiger partial charge in [0, 0.05) is 25.2 Å². The van der Waals surface area contributed by atoms with E-state index in [9.17, 15) is 9.59 Å². The van der Waals surface area contributed by atoms with Crippen LogP contribution in [0.1, 0.15) is 31.4 Å². The molecule has 120 valence electrons. The van der Waals surface area contributed by atoms with Gasteiger partial charge in [-0.3, -0.25) is 4.79 Å². The van der Waals surface area contributed by atoms with Crippen LogP contribution in [0.4, 0.5) is 4.79 Å². The number of benzene rings is 1. The smallest absolute Gasteiger partial charge is 0.318 e. The van der Waals surface area contributed by atoms with Crippen molar-refractivity contribution in [2.24, 2.45) is 0 Å². The number of carbonyl (C=O) groups excluding carboxylic acids is 2. The molecule has 1 heterocycles. The molecule has 0 saturated carbocycles. The third-order valence-electron chi connectivity index (χ3n) is 4.08. The first-order valence-electron chi connectivity index (χ1n) is 7.53. The van der Waals surface area contributed by atoms with Gasteiger partial charge in [0.05, 0.1) is 12.6 Å². The Bertz CT molecular complexity index is 544. The van der Waals surface area contributed by atoms with E-state index in [2.05, 4.69) is 5.32 Å². The summed E-state index contributed by atoms with van der Waals surface area (Å²) in [4.78, 5) is 27.5. The minimum atomic E-state index is -0.264. The van der Waals surface area contributed by atoms with E-state index < -0.39 is 0 Å². The zero-order chi connectivity index (χ0) is 16.1. The minimum Gasteiger partial charge on any atom is -0.341 e. The molecule has 1 unspecified atom stereocenters. The van der Waals surface area contributed by atoms with E-state index in [1.807, 2.05) is 25.1 Å². The van der Waals surface area contributed by atoms with Crippen molar-refractivity contribution in [3.63, 3.8) is 0 Å². The van der Waals surface area contributed by atoms with Crippen molar-refractivity contribution in [1.29, 1.82) is 0 Å². The first-order chi connectivity index (χ1) is 10.5. The van der Waals surface area contributed by atoms with Gasteiger partial charge in [-0.1, -0.05) is 23.7 Å². The normalized spacial score (nSPS) is 15.5. The maximum atomic E-state index is 12.2. The zero-order valence-corrected chi connectivity index (χ0v) is 13.8. The van der Waals surface area contributed by atoms with Gasteiger partial charge in [-0.15, -0.1) is 0 Å². The lowest BCUT2D eigenvalue weighted by atomic mass is 10.1. The van der Waals surface area contributed by atoms with Gasteiger partial charge >= 0.3 is 6.03 Å². The first-order valence-corrected chi connectivity index (χ1v) is 7.90. The van der Waals surface area contributed by atoms with E-state index in [1.165, 1.54) is 0 Å². The topological polar surface area (TPSA) is 52.7 Å². The molecular formula is C16H22ClN3O2. The van der Waals surface area contributed by atoms with Crippen LogP contribution in [0.15, 0.2) is 24.3 Å². The minimum absolute atomic E-state index is 0.0188. The molecular weight excluding hydrogens is 302 g/mol. The number of urea groups is 1. The largest absolute Gasteiger partial charge is 0.341 e. The summed E-state index contributed by atoms with van der Waals surface area (Å²) in [5.74, 6) is -0.0188. The molecule has 0 radical (unpaired) electrons. The first kappa shape index (κ1) is 16.6. The fraction of sp³-hybridized carbons (Fsp3) is 0.500. The van der Waals surface area contributed by atoms with Crippen LogP contribution in [0, 0.1) is 0 Å². The van der Waals surface area contributed by atoms with E-state index in [0.717, 1.165) is 31.5 Å². The van der Waals surface area contributed by atoms with Crippen LogP contribution in [0.2, 0.25) is 5.02 Å². The lowest BCUT2D eigenvalue weighted by molar-refractivity contribution is -0.129. The summed E-state index contributed by atoms with van der Waals surface area (Å²) in [5.41, 5.74) is 0.955. The Balaban J connectivity index is 1.87. The highest BCUT2D eigenvalue weighted by Crippen LogP contribution is 2.21. The molecule has 1 saturated heterocycles. The predicted molar refractivity (Wildman–Crippen MR) is 86.8 cm³/mol. The Morgan fingerprint density at radius 1 is 1.36 bits per heavy atom. The number of carbonyl (C=O) groups is 2. The van der Waals surface area contributed by atoms with Crippen LogP contribution in [0.5, 0.6) is 0 Å². The molecule has 0 aliphatic carbocycles. The van der Waals surface area contributed by atoms with Crippen molar-refractivity contribution in [2.45, 2.75) is 25.8 Å². The Hall–Kier alpha value is -1.75. The SMILES string of the molecule is CC(c1cccc(Cl)c1)N(C)C(=O)NCC(=O)N1CCCC1. The Labute approximate surface area is 136 Å². The summed E-state index contributed by atoms with van der Waals surface area (Å²) in [6, 6.07) is 7.03. The van der Waals surface area contributed by atoms with Crippen molar-refractivity contribution in [3.8, 4) is 0 Å². The number of halogens is 1. The van der Waals surface area contributed by atoms with Gasteiger partial charge in [0.25, 0.3) is 0 Å². The van der Waals surface area contributed by atoms with Gasteiger partial charge in [0.15, 0.2) is 0 Å². The highest BCUT2D eigenvalue weighted by atomic mass is 35.5. The summed E-state index contributed by atoms with van der Waals surface area (Å²) in [6.45, 7) is 3.56. The van der Waals surface area contributed by atoms with E-state index >= 15 is 0 Å². The number of hydrogen-bond donors (Lipinski definition) is 1. The molecule has 2 rings (SSSR count). The number of nitrogens with one attached hydrogen (secondary N) is 1. The van der Waals surface area contributed by atoms with Gasteiger partial charge in [-0.05, 0) is 37.5 Å². The molecule has 1 aliphatic rings. The second-order valence-electron chi connectivity index (χ2n) is 5.59. The molecule has 1 aliphatic heterocycles. The van der Waals surface area contributed by atoms with E-state index in [1.54, 1.807) is 22.9 Å². The van der Waals surface area contributed by atoms with Gasteiger partial charge in [0.1, 0.15) is 0 Å². The third-order valence-corrected chi connectivity index (χ3v) is 4.32. The fourth-order valence-electron chi connectivity index (χ4n) is 2.52. The number of rotatable bonds is 4. The highest BCUT2D eigenvalue weighted by Gasteiger charge is 2.21. The molecule has 22 heavy (non-hydrogen) atoms. The van der Waals surface area contributed by atoms with Crippen molar-refractivity contribution < 1.29 is 9.59 Å². The summed E-state index contributed by atoms with van der Waals surface area (Å²) >= 11 is 5.98. The average Bonchev–Trinajstić information content (AvgIpc) is 3.05. The summed E-state index contributed by atoms with van der Waals surface area (Å²) in [7, 11) is 1.71. The number of likely N-dealkylation sites (tertiary alicyclic amines) is 1. The highest BCUT2D eigenvalue weighted by molar-refractivity contribution is 6.30. The Morgan fingerprint density at radius 3 is 2.68 bits per heavy atom. The van der Waals surface area contributed by atoms with Gasteiger partial charge in [0.2, 0.25) is 5.91 Å². The van der Waals surface area contributed by atoms with Gasteiger partial charge in [-0.2, -0.15) is 0 Å². The summed E-state index contributed by atoms with van der Waals surface area (Å²) < 4.78 is 0. The molecule has 0 spiro atoms. The van der Waals surface area contributed by atoms with Crippen LogP contribution < -0.4 is 5.32 Å². The molecule has 5 nitrogen and oxygen atoms in total. The third kappa shape index (κ3) is 4.13. The van der Waals surface area contributed by atoms with Crippen LogP contribution in [-0.2, 0) is 4.79 Å². The molecule has 0 aromatic heterocycles. The molecule has 6 heteroatoms. The second-order valence-corrected chi connectivity index (χ2v) is 6.02. The molecule has 3 amide bonds. The van der Waals surface area contributed by atoms with Crippen LogP contribution in [0.3, 0.4) is 0 Å². The van der Waals surface area contributed by atoms with E-state index in [0.29, 0.717) is 5.02 Å². The maximum absolute atomic E-state index is 12.2. The Morgan fingerprint density at radius 2 is 2.05 bits per heavy atom. The molecule has 1 atom stereocenters. The monoisotopic (exact) mass is 323 g/mol. The van der Waals surface area contributed by atoms with E-state index in [4.69, 9.17) is 11.6 Å². The average molecular weight is 324 g/mol. The van der Waals surface area contributed by atoms with Crippen molar-refractivity contribution in [2.75, 3.05) is 26.7 Å². The molecule has 1 N–H and O–H groups in total. The quantitative estimate of drug-likeness (QED) is 0.926. The summed E-state index contributed by atoms with van der Waals surface area (Å²) in [5, 5.41) is 3.33. The summed E-state index contributed by atoms with van der Waals surface area (Å²) in [6.07, 6.45) is 2.09. The Kier molecular flexibility index (Phi) is 5.66. The van der Waals surface area contributed by atoms with Gasteiger partial charge in [-0.25, -0.2) is 4.79 Å². The maximum Gasteiger partial charge on any atom is 0.318 e. The van der Waals surface area contributed by atoms with Gasteiger partial charge < -0.3 is 15.1 Å². The van der Waals surface area contributed by atoms with Crippen LogP contribution in [0.25, 0.3) is 0 Å². The number of nitrogens with zero attached hydrogens (tertiary/aromatic N) is 2. The lowest BCUT2D eigenvalue weighted by Gasteiger charge is -2.26. The van der Waals surface area contributed by atoms with Crippen molar-refractivity contribution in [1.82, 2.24) is 15.1 Å². The fourth-order valence-corrected chi connectivity index (χ4v) is 2.72. The van der Waals surface area contributed by atoms with Crippen molar-refractivity contribution in [3.05, 3.63) is 34.9 Å². The van der Waals surface area contributed by atoms with Crippen molar-refractivity contribution >= 4 is 23.5 Å². The molecule has 1 fully saturated rings. The van der Waals surface area contributed by atoms with E-state index in [-0.39, 0.29) is 24.5 Å². The standard InChI is InChI=1S/C16H22ClN3O2/c1-12(13-6-5-7-14(17)10-13)19(2)16(22)18-11-15(21)20-8-3-4-9-20/h5-7,10,12H,3-4,8-9,11H2,1-2H3,(H,18,22). The molecule has 0 bridgehead atoms.